The molecule has 0 N–H and O–H groups in total. The maximum absolute atomic E-state index is 13.7. The van der Waals surface area contributed by atoms with E-state index in [0.717, 1.165) is 0 Å². The number of aromatic nitrogens is 4. The lowest BCUT2D eigenvalue weighted by molar-refractivity contribution is 0.554. The molecule has 0 amide bonds. The smallest absolute Gasteiger partial charge is 0.218 e. The first-order valence-corrected chi connectivity index (χ1v) is 5.86. The number of hydrogen-bond donors (Lipinski definition) is 0. The van der Waals surface area contributed by atoms with Crippen molar-refractivity contribution in [2.75, 3.05) is 0 Å². The molecule has 5 nitrogen and oxygen atoms in total. The minimum atomic E-state index is -0.395. The lowest BCUT2D eigenvalue weighted by Crippen LogP contribution is -2.06. The second kappa shape index (κ2) is 4.81. The Morgan fingerprint density at radius 1 is 1.26 bits per heavy atom. The Kier molecular flexibility index (Phi) is 3.00. The fourth-order valence-corrected chi connectivity index (χ4v) is 1.95. The quantitative estimate of drug-likeness (QED) is 0.739. The molecule has 0 aliphatic rings. The monoisotopic (exact) mass is 278 g/mol. The van der Waals surface area contributed by atoms with Crippen LogP contribution >= 0.6 is 11.6 Å². The minimum absolute atomic E-state index is 0.133. The number of hydrogen-bond acceptors (Lipinski definition) is 4. The SMILES string of the molecule is Fc1cccc(Cl)c1Cn1nnnc1-c1ccco1. The van der Waals surface area contributed by atoms with Gasteiger partial charge in [-0.3, -0.25) is 0 Å². The van der Waals surface area contributed by atoms with Gasteiger partial charge >= 0.3 is 0 Å². The van der Waals surface area contributed by atoms with Crippen LogP contribution in [0.15, 0.2) is 41.0 Å². The van der Waals surface area contributed by atoms with Gasteiger partial charge in [0.25, 0.3) is 0 Å². The average molecular weight is 279 g/mol. The van der Waals surface area contributed by atoms with Crippen molar-refractivity contribution < 1.29 is 8.81 Å². The first-order chi connectivity index (χ1) is 9.25. The predicted octanol–water partition coefficient (Wildman–Crippen LogP) is 2.77. The Bertz CT molecular complexity index is 675. The Balaban J connectivity index is 1.99. The highest BCUT2D eigenvalue weighted by atomic mass is 35.5. The van der Waals surface area contributed by atoms with Crippen LogP contribution in [-0.2, 0) is 6.54 Å². The third kappa shape index (κ3) is 2.22. The van der Waals surface area contributed by atoms with Crippen LogP contribution in [0, 0.1) is 5.82 Å². The van der Waals surface area contributed by atoms with Crippen LogP contribution in [0.2, 0.25) is 5.02 Å². The van der Waals surface area contributed by atoms with Crippen LogP contribution in [0.5, 0.6) is 0 Å². The van der Waals surface area contributed by atoms with Gasteiger partial charge in [0.15, 0.2) is 5.76 Å². The topological polar surface area (TPSA) is 56.7 Å². The highest BCUT2D eigenvalue weighted by Crippen LogP contribution is 2.22. The summed E-state index contributed by atoms with van der Waals surface area (Å²) in [5, 5.41) is 11.6. The third-order valence-electron chi connectivity index (χ3n) is 2.64. The van der Waals surface area contributed by atoms with Gasteiger partial charge in [-0.15, -0.1) is 5.10 Å². The van der Waals surface area contributed by atoms with Crippen molar-refractivity contribution >= 4 is 11.6 Å². The van der Waals surface area contributed by atoms with Crippen molar-refractivity contribution in [1.29, 1.82) is 0 Å². The van der Waals surface area contributed by atoms with Crippen LogP contribution in [0.3, 0.4) is 0 Å². The van der Waals surface area contributed by atoms with Crippen molar-refractivity contribution in [2.45, 2.75) is 6.54 Å². The summed E-state index contributed by atoms with van der Waals surface area (Å²) >= 11 is 5.98. The number of rotatable bonds is 3. The highest BCUT2D eigenvalue weighted by Gasteiger charge is 2.15. The van der Waals surface area contributed by atoms with Gasteiger partial charge in [-0.25, -0.2) is 9.07 Å². The number of halogens is 2. The fraction of sp³-hybridized carbons (Fsp3) is 0.0833. The van der Waals surface area contributed by atoms with Gasteiger partial charge in [-0.2, -0.15) is 0 Å². The number of benzene rings is 1. The zero-order valence-corrected chi connectivity index (χ0v) is 10.4. The molecule has 19 heavy (non-hydrogen) atoms. The molecule has 0 spiro atoms. The summed E-state index contributed by atoms with van der Waals surface area (Å²) in [7, 11) is 0. The van der Waals surface area contributed by atoms with E-state index in [9.17, 15) is 4.39 Å². The lowest BCUT2D eigenvalue weighted by atomic mass is 10.2. The summed E-state index contributed by atoms with van der Waals surface area (Å²) in [6, 6.07) is 7.97. The van der Waals surface area contributed by atoms with Gasteiger partial charge in [-0.1, -0.05) is 17.7 Å². The van der Waals surface area contributed by atoms with Gasteiger partial charge in [0.2, 0.25) is 5.82 Å². The van der Waals surface area contributed by atoms with E-state index in [4.69, 9.17) is 16.0 Å². The number of nitrogens with zero attached hydrogens (tertiary/aromatic N) is 4. The van der Waals surface area contributed by atoms with E-state index in [1.165, 1.54) is 17.0 Å². The van der Waals surface area contributed by atoms with Gasteiger partial charge in [-0.05, 0) is 34.7 Å². The van der Waals surface area contributed by atoms with E-state index >= 15 is 0 Å². The third-order valence-corrected chi connectivity index (χ3v) is 3.00. The van der Waals surface area contributed by atoms with Crippen LogP contribution in [-0.4, -0.2) is 20.2 Å². The molecule has 0 aliphatic heterocycles. The second-order valence-corrected chi connectivity index (χ2v) is 4.24. The zero-order chi connectivity index (χ0) is 13.2. The fourth-order valence-electron chi connectivity index (χ4n) is 1.73. The molecule has 0 bridgehead atoms. The van der Waals surface area contributed by atoms with Crippen molar-refractivity contribution in [3.63, 3.8) is 0 Å². The molecule has 1 aromatic carbocycles. The minimum Gasteiger partial charge on any atom is -0.461 e. The largest absolute Gasteiger partial charge is 0.461 e. The molecule has 0 unspecified atom stereocenters. The second-order valence-electron chi connectivity index (χ2n) is 3.84. The Morgan fingerprint density at radius 2 is 2.16 bits per heavy atom. The summed E-state index contributed by atoms with van der Waals surface area (Å²) in [6.45, 7) is 0.133. The molecule has 3 rings (SSSR count). The Hall–Kier alpha value is -2.21. The molecular weight excluding hydrogens is 271 g/mol. The maximum atomic E-state index is 13.7. The van der Waals surface area contributed by atoms with Crippen LogP contribution < -0.4 is 0 Å². The van der Waals surface area contributed by atoms with Gasteiger partial charge in [0.1, 0.15) is 5.82 Å². The molecule has 0 fully saturated rings. The summed E-state index contributed by atoms with van der Waals surface area (Å²) in [6.07, 6.45) is 1.52. The molecule has 0 radical (unpaired) electrons. The molecule has 2 heterocycles. The van der Waals surface area contributed by atoms with Gasteiger partial charge in [0, 0.05) is 10.6 Å². The maximum Gasteiger partial charge on any atom is 0.218 e. The number of tetrazole rings is 1. The van der Waals surface area contributed by atoms with E-state index < -0.39 is 5.82 Å². The summed E-state index contributed by atoms with van der Waals surface area (Å²) < 4.78 is 20.4. The van der Waals surface area contributed by atoms with E-state index in [1.54, 1.807) is 24.3 Å². The number of furan rings is 1. The molecule has 3 aromatic rings. The van der Waals surface area contributed by atoms with Crippen LogP contribution in [0.4, 0.5) is 4.39 Å². The highest BCUT2D eigenvalue weighted by molar-refractivity contribution is 6.31. The molecule has 96 valence electrons. The summed E-state index contributed by atoms with van der Waals surface area (Å²) in [5.74, 6) is 0.537. The van der Waals surface area contributed by atoms with Crippen molar-refractivity contribution in [1.82, 2.24) is 20.2 Å². The molecule has 0 saturated carbocycles. The van der Waals surface area contributed by atoms with Crippen molar-refractivity contribution in [3.05, 3.63) is 53.0 Å². The van der Waals surface area contributed by atoms with E-state index in [2.05, 4.69) is 15.5 Å². The van der Waals surface area contributed by atoms with Crippen LogP contribution in [0.1, 0.15) is 5.56 Å². The molecule has 0 saturated heterocycles. The normalized spacial score (nSPS) is 10.8. The lowest BCUT2D eigenvalue weighted by Gasteiger charge is -2.06. The predicted molar refractivity (Wildman–Crippen MR) is 66.0 cm³/mol. The van der Waals surface area contributed by atoms with Gasteiger partial charge in [0.05, 0.1) is 12.8 Å². The average Bonchev–Trinajstić information content (AvgIpc) is 3.04. The van der Waals surface area contributed by atoms with Crippen LogP contribution in [0.25, 0.3) is 11.6 Å². The van der Waals surface area contributed by atoms with Gasteiger partial charge < -0.3 is 4.42 Å². The molecule has 0 atom stereocenters. The Morgan fingerprint density at radius 3 is 2.89 bits per heavy atom. The summed E-state index contributed by atoms with van der Waals surface area (Å²) in [4.78, 5) is 0. The molecular formula is C12H8ClFN4O. The van der Waals surface area contributed by atoms with E-state index in [1.807, 2.05) is 0 Å². The zero-order valence-electron chi connectivity index (χ0n) is 9.62. The Labute approximate surface area is 112 Å². The van der Waals surface area contributed by atoms with E-state index in [-0.39, 0.29) is 6.54 Å². The first-order valence-electron chi connectivity index (χ1n) is 5.48. The first kappa shape index (κ1) is 11.9. The molecule has 0 aliphatic carbocycles. The van der Waals surface area contributed by atoms with Crippen molar-refractivity contribution in [3.8, 4) is 11.6 Å². The van der Waals surface area contributed by atoms with Crippen molar-refractivity contribution in [2.24, 2.45) is 0 Å². The molecule has 2 aromatic heterocycles. The summed E-state index contributed by atoms with van der Waals surface area (Å²) in [5.41, 5.74) is 0.337. The standard InChI is InChI=1S/C12H8ClFN4O/c13-9-3-1-4-10(14)8(9)7-18-12(15-16-17-18)11-5-2-6-19-11/h1-6H,7H2. The van der Waals surface area contributed by atoms with E-state index in [0.29, 0.717) is 22.2 Å². The molecule has 7 heteroatoms.